The van der Waals surface area contributed by atoms with E-state index in [1.54, 1.807) is 24.3 Å². The fourth-order valence-electron chi connectivity index (χ4n) is 2.23. The molecule has 124 valence electrons. The molecule has 0 aliphatic rings. The highest BCUT2D eigenvalue weighted by molar-refractivity contribution is 6.41. The first-order chi connectivity index (χ1) is 11.6. The highest BCUT2D eigenvalue weighted by Gasteiger charge is 2.20. The Balaban J connectivity index is 2.09. The lowest BCUT2D eigenvalue weighted by Gasteiger charge is -2.19. The molecule has 7 heteroatoms. The number of amides is 2. The summed E-state index contributed by atoms with van der Waals surface area (Å²) in [7, 11) is -1.61. The minimum Gasteiger partial charge on any atom is -0.426 e. The van der Waals surface area contributed by atoms with Crippen LogP contribution < -0.4 is 10.6 Å². The van der Waals surface area contributed by atoms with Crippen molar-refractivity contribution in [1.29, 1.82) is 0 Å². The van der Waals surface area contributed by atoms with Gasteiger partial charge in [-0.15, -0.1) is 0 Å². The maximum Gasteiger partial charge on any atom is 0.472 e. The first-order valence-electron chi connectivity index (χ1n) is 7.60. The van der Waals surface area contributed by atoms with E-state index in [0.717, 1.165) is 5.56 Å². The second-order valence-corrected chi connectivity index (χ2v) is 5.29. The summed E-state index contributed by atoms with van der Waals surface area (Å²) < 4.78 is 0. The Hall–Kier alpha value is -2.64. The van der Waals surface area contributed by atoms with Gasteiger partial charge < -0.3 is 20.7 Å². The van der Waals surface area contributed by atoms with Gasteiger partial charge in [-0.1, -0.05) is 48.5 Å². The van der Waals surface area contributed by atoms with Gasteiger partial charge in [0, 0.05) is 5.56 Å². The molecule has 0 saturated heterocycles. The molecule has 24 heavy (non-hydrogen) atoms. The molecule has 0 aliphatic carbocycles. The zero-order chi connectivity index (χ0) is 17.4. The predicted octanol–water partition coefficient (Wildman–Crippen LogP) is 0.676. The molecule has 2 aromatic carbocycles. The van der Waals surface area contributed by atoms with Crippen molar-refractivity contribution in [2.75, 3.05) is 6.44 Å². The minimum absolute atomic E-state index is 0.00466. The van der Waals surface area contributed by atoms with Crippen LogP contribution >= 0.6 is 0 Å². The van der Waals surface area contributed by atoms with E-state index in [4.69, 9.17) is 10.0 Å². The average molecular weight is 326 g/mol. The van der Waals surface area contributed by atoms with Crippen LogP contribution in [0.3, 0.4) is 0 Å². The quantitative estimate of drug-likeness (QED) is 0.562. The normalized spacial score (nSPS) is 11.4. The fourth-order valence-corrected chi connectivity index (χ4v) is 2.23. The van der Waals surface area contributed by atoms with E-state index in [2.05, 4.69) is 10.6 Å². The molecular weight excluding hydrogens is 307 g/mol. The second kappa shape index (κ2) is 8.86. The Kier molecular flexibility index (Phi) is 6.54. The van der Waals surface area contributed by atoms with Crippen LogP contribution in [0.4, 0.5) is 0 Å². The van der Waals surface area contributed by atoms with E-state index < -0.39 is 13.2 Å². The molecule has 0 radical (unpaired) electrons. The van der Waals surface area contributed by atoms with E-state index >= 15 is 0 Å². The highest BCUT2D eigenvalue weighted by atomic mass is 16.4. The van der Waals surface area contributed by atoms with Gasteiger partial charge in [0.15, 0.2) is 0 Å². The molecule has 2 amide bonds. The third kappa shape index (κ3) is 5.53. The van der Waals surface area contributed by atoms with Crippen LogP contribution in [-0.4, -0.2) is 35.4 Å². The molecule has 0 heterocycles. The summed E-state index contributed by atoms with van der Waals surface area (Å²) >= 11 is 0. The molecule has 0 spiro atoms. The smallest absolute Gasteiger partial charge is 0.426 e. The number of nitrogens with one attached hydrogen (secondary N) is 2. The predicted molar refractivity (Wildman–Crippen MR) is 90.9 cm³/mol. The van der Waals surface area contributed by atoms with E-state index in [1.807, 2.05) is 36.4 Å². The van der Waals surface area contributed by atoms with E-state index in [0.29, 0.717) is 5.56 Å². The number of hydrogen-bond acceptors (Lipinski definition) is 4. The highest BCUT2D eigenvalue weighted by Crippen LogP contribution is 2.17. The van der Waals surface area contributed by atoms with Crippen molar-refractivity contribution in [2.24, 2.45) is 0 Å². The van der Waals surface area contributed by atoms with E-state index in [-0.39, 0.29) is 24.7 Å². The van der Waals surface area contributed by atoms with Crippen LogP contribution in [-0.2, 0) is 4.79 Å². The maximum absolute atomic E-state index is 12.4. The molecule has 0 aliphatic heterocycles. The number of benzene rings is 2. The average Bonchev–Trinajstić information content (AvgIpc) is 2.61. The SMILES string of the molecule is O=C(CC(NC(=O)c1ccccc1)c1ccccc1)NCB(O)O. The van der Waals surface area contributed by atoms with Gasteiger partial charge >= 0.3 is 7.12 Å². The van der Waals surface area contributed by atoms with Crippen molar-refractivity contribution in [3.63, 3.8) is 0 Å². The zero-order valence-electron chi connectivity index (χ0n) is 13.1. The Morgan fingerprint density at radius 3 is 2.12 bits per heavy atom. The summed E-state index contributed by atoms with van der Waals surface area (Å²) in [5, 5.41) is 22.9. The lowest BCUT2D eigenvalue weighted by atomic mass is 9.92. The Labute approximate surface area is 140 Å². The van der Waals surface area contributed by atoms with Gasteiger partial charge in [-0.3, -0.25) is 9.59 Å². The van der Waals surface area contributed by atoms with Gasteiger partial charge in [0.1, 0.15) is 0 Å². The monoisotopic (exact) mass is 326 g/mol. The number of rotatable bonds is 7. The van der Waals surface area contributed by atoms with Crippen molar-refractivity contribution in [3.05, 3.63) is 71.8 Å². The molecule has 6 nitrogen and oxygen atoms in total. The van der Waals surface area contributed by atoms with Crippen molar-refractivity contribution in [2.45, 2.75) is 12.5 Å². The Morgan fingerprint density at radius 2 is 1.54 bits per heavy atom. The summed E-state index contributed by atoms with van der Waals surface area (Å²) in [6.07, 6.45) is -0.262. The van der Waals surface area contributed by atoms with Crippen LogP contribution in [0.25, 0.3) is 0 Å². The van der Waals surface area contributed by atoms with Crippen LogP contribution in [0.2, 0.25) is 0 Å². The molecule has 2 aromatic rings. The Morgan fingerprint density at radius 1 is 0.958 bits per heavy atom. The van der Waals surface area contributed by atoms with Gasteiger partial charge in [-0.05, 0) is 17.7 Å². The van der Waals surface area contributed by atoms with Gasteiger partial charge in [0.05, 0.1) is 18.9 Å². The second-order valence-electron chi connectivity index (χ2n) is 5.29. The molecule has 4 N–H and O–H groups in total. The van der Waals surface area contributed by atoms with Crippen LogP contribution in [0.1, 0.15) is 28.4 Å². The van der Waals surface area contributed by atoms with Crippen LogP contribution in [0.15, 0.2) is 60.7 Å². The third-order valence-corrected chi connectivity index (χ3v) is 3.41. The van der Waals surface area contributed by atoms with E-state index in [1.165, 1.54) is 0 Å². The summed E-state index contributed by atoms with van der Waals surface area (Å²) in [6.45, 7) is 0. The molecule has 0 fully saturated rings. The molecule has 1 unspecified atom stereocenters. The first kappa shape index (κ1) is 17.7. The van der Waals surface area contributed by atoms with Crippen LogP contribution in [0.5, 0.6) is 0 Å². The number of hydrogen-bond donors (Lipinski definition) is 4. The first-order valence-corrected chi connectivity index (χ1v) is 7.60. The lowest BCUT2D eigenvalue weighted by molar-refractivity contribution is -0.121. The minimum atomic E-state index is -1.61. The van der Waals surface area contributed by atoms with Crippen molar-refractivity contribution >= 4 is 18.9 Å². The molecule has 0 saturated carbocycles. The maximum atomic E-state index is 12.4. The molecule has 2 rings (SSSR count). The van der Waals surface area contributed by atoms with Gasteiger partial charge in [-0.2, -0.15) is 0 Å². The summed E-state index contributed by atoms with van der Waals surface area (Å²) in [5.74, 6) is -0.662. The van der Waals surface area contributed by atoms with Crippen molar-refractivity contribution in [1.82, 2.24) is 10.6 Å². The third-order valence-electron chi connectivity index (χ3n) is 3.41. The standard InChI is InChI=1S/C17H19BN2O4/c21-16(19-12-18(23)24)11-15(13-7-3-1-4-8-13)20-17(22)14-9-5-2-6-10-14/h1-10,15,23-24H,11-12H2,(H,19,21)(H,20,22). The van der Waals surface area contributed by atoms with Gasteiger partial charge in [0.2, 0.25) is 5.91 Å². The molecule has 0 aromatic heterocycles. The number of carbonyl (C=O) groups is 2. The Bertz CT molecular complexity index is 665. The summed E-state index contributed by atoms with van der Waals surface area (Å²) in [4.78, 5) is 24.3. The van der Waals surface area contributed by atoms with Gasteiger partial charge in [0.25, 0.3) is 5.91 Å². The topological polar surface area (TPSA) is 98.7 Å². The van der Waals surface area contributed by atoms with Crippen molar-refractivity contribution < 1.29 is 19.6 Å². The fraction of sp³-hybridized carbons (Fsp3) is 0.176. The summed E-state index contributed by atoms with van der Waals surface area (Å²) in [5.41, 5.74) is 1.30. The van der Waals surface area contributed by atoms with Gasteiger partial charge in [-0.25, -0.2) is 0 Å². The molecular formula is C17H19BN2O4. The molecule has 0 bridgehead atoms. The van der Waals surface area contributed by atoms with Crippen molar-refractivity contribution in [3.8, 4) is 0 Å². The van der Waals surface area contributed by atoms with E-state index in [9.17, 15) is 9.59 Å². The lowest BCUT2D eigenvalue weighted by Crippen LogP contribution is -2.38. The zero-order valence-corrected chi connectivity index (χ0v) is 13.1. The summed E-state index contributed by atoms with van der Waals surface area (Å²) in [6, 6.07) is 17.4. The van der Waals surface area contributed by atoms with Crippen LogP contribution in [0, 0.1) is 0 Å². The molecule has 1 atom stereocenters. The number of carbonyl (C=O) groups excluding carboxylic acids is 2. The largest absolute Gasteiger partial charge is 0.472 e.